The number of nitrogens with one attached hydrogen (secondary N) is 2. The van der Waals surface area contributed by atoms with Crippen LogP contribution >= 0.6 is 0 Å². The van der Waals surface area contributed by atoms with Crippen LogP contribution < -0.4 is 15.4 Å². The van der Waals surface area contributed by atoms with E-state index in [1.165, 1.54) is 18.5 Å². The average Bonchev–Trinajstić information content (AvgIpc) is 2.76. The summed E-state index contributed by atoms with van der Waals surface area (Å²) in [7, 11) is 3.07. The van der Waals surface area contributed by atoms with Crippen molar-refractivity contribution in [3.8, 4) is 5.75 Å². The molecule has 2 amide bonds. The van der Waals surface area contributed by atoms with Crippen LogP contribution in [0.3, 0.4) is 0 Å². The normalized spacial score (nSPS) is 11.5. The number of rotatable bonds is 11. The molecule has 34 heavy (non-hydrogen) atoms. The molecule has 0 bridgehead atoms. The third kappa shape index (κ3) is 7.28. The van der Waals surface area contributed by atoms with Gasteiger partial charge in [-0.3, -0.25) is 9.59 Å². The van der Waals surface area contributed by atoms with Crippen molar-refractivity contribution in [3.05, 3.63) is 53.1 Å². The molecule has 0 atom stereocenters. The van der Waals surface area contributed by atoms with Gasteiger partial charge in [0.2, 0.25) is 15.9 Å². The number of anilines is 1. The highest BCUT2D eigenvalue weighted by atomic mass is 32.2. The monoisotopic (exact) mass is 490 g/mol. The van der Waals surface area contributed by atoms with Crippen molar-refractivity contribution in [2.24, 2.45) is 0 Å². The molecule has 0 aliphatic heterocycles. The van der Waals surface area contributed by atoms with Crippen molar-refractivity contribution in [1.82, 2.24) is 14.5 Å². The lowest BCUT2D eigenvalue weighted by molar-refractivity contribution is -0.116. The molecule has 9 nitrogen and oxygen atoms in total. The Morgan fingerprint density at radius 1 is 0.971 bits per heavy atom. The number of methoxy groups -OCH3 is 1. The molecule has 0 unspecified atom stereocenters. The number of hydrogen-bond donors (Lipinski definition) is 2. The van der Waals surface area contributed by atoms with E-state index in [0.29, 0.717) is 34.7 Å². The maximum Gasteiger partial charge on any atom is 0.251 e. The second-order valence-corrected chi connectivity index (χ2v) is 10.3. The number of sulfonamides is 1. The lowest BCUT2D eigenvalue weighted by atomic mass is 10.1. The van der Waals surface area contributed by atoms with Crippen LogP contribution in [0.4, 0.5) is 5.69 Å². The Balaban J connectivity index is 1.94. The number of likely N-dealkylation sites (N-methyl/N-ethyl adjacent to an activating group) is 1. The van der Waals surface area contributed by atoms with Gasteiger partial charge >= 0.3 is 0 Å². The van der Waals surface area contributed by atoms with Gasteiger partial charge in [-0.05, 0) is 75.5 Å². The van der Waals surface area contributed by atoms with Crippen LogP contribution in [0, 0.1) is 13.8 Å². The molecule has 2 aromatic carbocycles. The number of ether oxygens (including phenoxy) is 1. The maximum absolute atomic E-state index is 13.1. The number of hydrogen-bond acceptors (Lipinski definition) is 6. The van der Waals surface area contributed by atoms with E-state index in [9.17, 15) is 18.0 Å². The van der Waals surface area contributed by atoms with Crippen molar-refractivity contribution in [3.63, 3.8) is 0 Å². The zero-order valence-electron chi connectivity index (χ0n) is 20.6. The maximum atomic E-state index is 13.1. The summed E-state index contributed by atoms with van der Waals surface area (Å²) in [5, 5.41) is 5.56. The number of aryl methyl sites for hydroxylation is 2. The van der Waals surface area contributed by atoms with E-state index in [1.807, 2.05) is 19.0 Å². The highest BCUT2D eigenvalue weighted by Gasteiger charge is 2.25. The summed E-state index contributed by atoms with van der Waals surface area (Å²) < 4.78 is 32.5. The van der Waals surface area contributed by atoms with Crippen LogP contribution in [0.2, 0.25) is 0 Å². The lowest BCUT2D eigenvalue weighted by Gasteiger charge is -2.20. The summed E-state index contributed by atoms with van der Waals surface area (Å²) in [6.07, 6.45) is -0.0171. The van der Waals surface area contributed by atoms with Gasteiger partial charge in [0, 0.05) is 44.4 Å². The van der Waals surface area contributed by atoms with Crippen molar-refractivity contribution < 1.29 is 22.7 Å². The van der Waals surface area contributed by atoms with Crippen LogP contribution in [0.15, 0.2) is 41.3 Å². The van der Waals surface area contributed by atoms with Crippen LogP contribution in [0.5, 0.6) is 5.75 Å². The summed E-state index contributed by atoms with van der Waals surface area (Å²) in [5.74, 6) is 0.0807. The molecule has 0 fully saturated rings. The minimum Gasteiger partial charge on any atom is -0.497 e. The number of carbonyl (C=O) groups excluding carboxylic acids is 2. The molecule has 0 radical (unpaired) electrons. The van der Waals surface area contributed by atoms with Crippen molar-refractivity contribution in [1.29, 1.82) is 0 Å². The Hall–Kier alpha value is -2.95. The summed E-state index contributed by atoms with van der Waals surface area (Å²) in [6.45, 7) is 4.73. The van der Waals surface area contributed by atoms with Crippen molar-refractivity contribution in [2.45, 2.75) is 25.2 Å². The van der Waals surface area contributed by atoms with Crippen LogP contribution in [0.25, 0.3) is 0 Å². The van der Waals surface area contributed by atoms with Gasteiger partial charge in [0.1, 0.15) is 5.75 Å². The molecular weight excluding hydrogens is 456 g/mol. The van der Waals surface area contributed by atoms with Gasteiger partial charge in [-0.2, -0.15) is 0 Å². The van der Waals surface area contributed by atoms with Gasteiger partial charge in [-0.1, -0.05) is 0 Å². The third-order valence-electron chi connectivity index (χ3n) is 5.27. The topological polar surface area (TPSA) is 108 Å². The fourth-order valence-electron chi connectivity index (χ4n) is 3.39. The molecule has 0 saturated carbocycles. The Kier molecular flexibility index (Phi) is 9.60. The van der Waals surface area contributed by atoms with E-state index in [-0.39, 0.29) is 29.7 Å². The molecule has 2 aromatic rings. The minimum atomic E-state index is -3.77. The molecule has 0 aliphatic carbocycles. The molecule has 2 rings (SSSR count). The van der Waals surface area contributed by atoms with Gasteiger partial charge in [0.05, 0.1) is 12.0 Å². The van der Waals surface area contributed by atoms with E-state index < -0.39 is 10.0 Å². The van der Waals surface area contributed by atoms with Gasteiger partial charge in [-0.15, -0.1) is 0 Å². The summed E-state index contributed by atoms with van der Waals surface area (Å²) in [6, 6.07) is 9.89. The fourth-order valence-corrected chi connectivity index (χ4v) is 4.97. The highest BCUT2D eigenvalue weighted by Crippen LogP contribution is 2.27. The van der Waals surface area contributed by atoms with Gasteiger partial charge < -0.3 is 20.3 Å². The third-order valence-corrected chi connectivity index (χ3v) is 7.43. The highest BCUT2D eigenvalue weighted by molar-refractivity contribution is 7.89. The van der Waals surface area contributed by atoms with E-state index in [4.69, 9.17) is 4.74 Å². The van der Waals surface area contributed by atoms with Crippen LogP contribution in [-0.4, -0.2) is 77.3 Å². The first-order valence-electron chi connectivity index (χ1n) is 10.9. The van der Waals surface area contributed by atoms with E-state index in [2.05, 4.69) is 10.6 Å². The van der Waals surface area contributed by atoms with E-state index >= 15 is 0 Å². The fraction of sp³-hybridized carbons (Fsp3) is 0.417. The molecule has 0 aromatic heterocycles. The largest absolute Gasteiger partial charge is 0.497 e. The number of benzene rings is 2. The Labute approximate surface area is 202 Å². The molecule has 0 aliphatic rings. The predicted molar refractivity (Wildman–Crippen MR) is 133 cm³/mol. The Bertz CT molecular complexity index is 1090. The molecule has 10 heteroatoms. The first kappa shape index (κ1) is 27.3. The standard InChI is InChI=1S/C24H34N4O5S/c1-17-15-21(33-6)16-18(2)23(17)34(31,32)28(5)13-11-22(29)26-20-9-7-19(8-10-20)24(30)25-12-14-27(3)4/h7-10,15-16H,11-14H2,1-6H3,(H,25,30)(H,26,29). The Morgan fingerprint density at radius 3 is 2.09 bits per heavy atom. The quantitative estimate of drug-likeness (QED) is 0.500. The number of carbonyl (C=O) groups is 2. The van der Waals surface area contributed by atoms with Crippen molar-refractivity contribution >= 4 is 27.5 Å². The molecule has 0 heterocycles. The summed E-state index contributed by atoms with van der Waals surface area (Å²) in [5.41, 5.74) is 2.19. The van der Waals surface area contributed by atoms with E-state index in [1.54, 1.807) is 50.2 Å². The number of nitrogens with zero attached hydrogens (tertiary/aromatic N) is 2. The first-order chi connectivity index (χ1) is 15.9. The molecule has 2 N–H and O–H groups in total. The van der Waals surface area contributed by atoms with Crippen molar-refractivity contribution in [2.75, 3.05) is 53.2 Å². The predicted octanol–water partition coefficient (Wildman–Crippen LogP) is 2.25. The zero-order chi connectivity index (χ0) is 25.5. The first-order valence-corrected chi connectivity index (χ1v) is 12.3. The average molecular weight is 491 g/mol. The minimum absolute atomic E-state index is 0.0171. The van der Waals surface area contributed by atoms with Crippen LogP contribution in [-0.2, 0) is 14.8 Å². The SMILES string of the molecule is COc1cc(C)c(S(=O)(=O)N(C)CCC(=O)Nc2ccc(C(=O)NCCN(C)C)cc2)c(C)c1. The summed E-state index contributed by atoms with van der Waals surface area (Å²) in [4.78, 5) is 26.7. The van der Waals surface area contributed by atoms with Gasteiger partial charge in [0.15, 0.2) is 0 Å². The molecule has 0 spiro atoms. The molecule has 0 saturated heterocycles. The second kappa shape index (κ2) is 12.0. The Morgan fingerprint density at radius 2 is 1.56 bits per heavy atom. The van der Waals surface area contributed by atoms with Crippen LogP contribution in [0.1, 0.15) is 27.9 Å². The second-order valence-electron chi connectivity index (χ2n) is 8.35. The zero-order valence-corrected chi connectivity index (χ0v) is 21.5. The molecular formula is C24H34N4O5S. The van der Waals surface area contributed by atoms with Gasteiger partial charge in [0.25, 0.3) is 5.91 Å². The summed E-state index contributed by atoms with van der Waals surface area (Å²) >= 11 is 0. The number of amides is 2. The van der Waals surface area contributed by atoms with Gasteiger partial charge in [-0.25, -0.2) is 12.7 Å². The lowest BCUT2D eigenvalue weighted by Crippen LogP contribution is -2.31. The smallest absolute Gasteiger partial charge is 0.251 e. The van der Waals surface area contributed by atoms with E-state index in [0.717, 1.165) is 6.54 Å². The molecule has 186 valence electrons.